The topological polar surface area (TPSA) is 52.6 Å². The normalized spacial score (nSPS) is 22.2. The van der Waals surface area contributed by atoms with Crippen molar-refractivity contribution in [3.05, 3.63) is 53.6 Å². The molecule has 168 valence electrons. The van der Waals surface area contributed by atoms with Gasteiger partial charge in [-0.3, -0.25) is 0 Å². The number of benzene rings is 1. The Morgan fingerprint density at radius 2 is 1.52 bits per heavy atom. The molecule has 1 aromatic carbocycles. The van der Waals surface area contributed by atoms with Gasteiger partial charge in [0.25, 0.3) is 0 Å². The van der Waals surface area contributed by atoms with Crippen molar-refractivity contribution < 1.29 is 19.1 Å². The number of ether oxygens (including phenoxy) is 2. The standard InChI is InChI=1S/C27H36O4/c1-20(2)27(29)31-19-18-30-26(28)17-10-21-8-11-23(12-9-21)25-15-13-24(14-16-25)22-6-4-3-5-7-22/h8-12,17,22,24-25H,1,3-7,13-16,18-19H2,2H3/b17-10+. The highest BCUT2D eigenvalue weighted by atomic mass is 16.6. The molecule has 4 heteroatoms. The molecule has 1 aromatic rings. The molecule has 0 heterocycles. The van der Waals surface area contributed by atoms with Gasteiger partial charge in [0.2, 0.25) is 0 Å². The van der Waals surface area contributed by atoms with Crippen molar-refractivity contribution >= 4 is 18.0 Å². The van der Waals surface area contributed by atoms with Crippen LogP contribution in [-0.2, 0) is 19.1 Å². The molecule has 0 atom stereocenters. The maximum Gasteiger partial charge on any atom is 0.333 e. The Balaban J connectivity index is 1.39. The van der Waals surface area contributed by atoms with Gasteiger partial charge in [0.15, 0.2) is 0 Å². The van der Waals surface area contributed by atoms with Crippen LogP contribution in [0, 0.1) is 11.8 Å². The Kier molecular flexibility index (Phi) is 8.93. The molecule has 3 rings (SSSR count). The van der Waals surface area contributed by atoms with E-state index < -0.39 is 11.9 Å². The zero-order valence-electron chi connectivity index (χ0n) is 18.8. The van der Waals surface area contributed by atoms with Crippen molar-refractivity contribution in [2.75, 3.05) is 13.2 Å². The molecule has 0 unspecified atom stereocenters. The van der Waals surface area contributed by atoms with Gasteiger partial charge in [-0.05, 0) is 67.6 Å². The summed E-state index contributed by atoms with van der Waals surface area (Å²) in [5.74, 6) is 1.68. The smallest absolute Gasteiger partial charge is 0.333 e. The van der Waals surface area contributed by atoms with Crippen molar-refractivity contribution in [3.63, 3.8) is 0 Å². The van der Waals surface area contributed by atoms with Gasteiger partial charge in [-0.25, -0.2) is 9.59 Å². The van der Waals surface area contributed by atoms with Crippen LogP contribution in [-0.4, -0.2) is 25.2 Å². The summed E-state index contributed by atoms with van der Waals surface area (Å²) in [6.07, 6.45) is 15.8. The number of esters is 2. The molecule has 0 bridgehead atoms. The molecule has 0 aromatic heterocycles. The minimum Gasteiger partial charge on any atom is -0.459 e. The van der Waals surface area contributed by atoms with Crippen LogP contribution in [0.4, 0.5) is 0 Å². The minimum absolute atomic E-state index is 0.0307. The van der Waals surface area contributed by atoms with E-state index in [4.69, 9.17) is 9.47 Å². The van der Waals surface area contributed by atoms with Crippen molar-refractivity contribution in [2.45, 2.75) is 70.6 Å². The first kappa shape index (κ1) is 23.3. The SMILES string of the molecule is C=C(C)C(=O)OCCOC(=O)/C=C/c1ccc(C2CCC(C3CCCCC3)CC2)cc1. The zero-order valence-corrected chi connectivity index (χ0v) is 18.8. The Labute approximate surface area is 186 Å². The second-order valence-electron chi connectivity index (χ2n) is 9.09. The summed E-state index contributed by atoms with van der Waals surface area (Å²) in [5.41, 5.74) is 2.72. The third-order valence-electron chi connectivity index (χ3n) is 6.82. The summed E-state index contributed by atoms with van der Waals surface area (Å²) in [5, 5.41) is 0. The predicted molar refractivity (Wildman–Crippen MR) is 123 cm³/mol. The fourth-order valence-corrected chi connectivity index (χ4v) is 5.02. The van der Waals surface area contributed by atoms with Gasteiger partial charge in [0, 0.05) is 11.6 Å². The maximum absolute atomic E-state index is 11.8. The molecule has 2 fully saturated rings. The molecule has 0 N–H and O–H groups in total. The number of hydrogen-bond acceptors (Lipinski definition) is 4. The molecule has 0 amide bonds. The van der Waals surface area contributed by atoms with E-state index in [1.54, 1.807) is 13.0 Å². The van der Waals surface area contributed by atoms with E-state index in [2.05, 4.69) is 30.8 Å². The third kappa shape index (κ3) is 7.37. The molecule has 2 aliphatic carbocycles. The van der Waals surface area contributed by atoms with E-state index in [0.29, 0.717) is 11.5 Å². The van der Waals surface area contributed by atoms with Crippen molar-refractivity contribution in [1.82, 2.24) is 0 Å². The number of carbonyl (C=O) groups excluding carboxylic acids is 2. The number of hydrogen-bond donors (Lipinski definition) is 0. The molecule has 2 saturated carbocycles. The molecular formula is C27H36O4. The van der Waals surface area contributed by atoms with Crippen LogP contribution in [0.1, 0.15) is 81.8 Å². The van der Waals surface area contributed by atoms with Crippen LogP contribution in [0.15, 0.2) is 42.5 Å². The van der Waals surface area contributed by atoms with Crippen LogP contribution in [0.25, 0.3) is 6.08 Å². The zero-order chi connectivity index (χ0) is 22.1. The second-order valence-corrected chi connectivity index (χ2v) is 9.09. The molecule has 31 heavy (non-hydrogen) atoms. The summed E-state index contributed by atoms with van der Waals surface area (Å²) in [6.45, 7) is 5.13. The van der Waals surface area contributed by atoms with E-state index in [1.165, 1.54) is 69.4 Å². The van der Waals surface area contributed by atoms with E-state index in [9.17, 15) is 9.59 Å². The van der Waals surface area contributed by atoms with Gasteiger partial charge in [-0.15, -0.1) is 0 Å². The lowest BCUT2D eigenvalue weighted by Crippen LogP contribution is -2.23. The molecule has 0 spiro atoms. The van der Waals surface area contributed by atoms with Gasteiger partial charge in [0.1, 0.15) is 13.2 Å². The molecule has 2 aliphatic rings. The van der Waals surface area contributed by atoms with Gasteiger partial charge >= 0.3 is 11.9 Å². The van der Waals surface area contributed by atoms with Gasteiger partial charge in [-0.1, -0.05) is 62.9 Å². The van der Waals surface area contributed by atoms with E-state index in [0.717, 1.165) is 17.4 Å². The molecular weight excluding hydrogens is 388 g/mol. The maximum atomic E-state index is 11.8. The van der Waals surface area contributed by atoms with E-state index in [-0.39, 0.29) is 13.2 Å². The summed E-state index contributed by atoms with van der Waals surface area (Å²) >= 11 is 0. The van der Waals surface area contributed by atoms with Crippen molar-refractivity contribution in [1.29, 1.82) is 0 Å². The van der Waals surface area contributed by atoms with Crippen LogP contribution in [0.2, 0.25) is 0 Å². The van der Waals surface area contributed by atoms with E-state index in [1.807, 2.05) is 0 Å². The first-order valence-electron chi connectivity index (χ1n) is 11.8. The first-order valence-corrected chi connectivity index (χ1v) is 11.8. The van der Waals surface area contributed by atoms with Crippen LogP contribution in [0.3, 0.4) is 0 Å². The first-order chi connectivity index (χ1) is 15.0. The fraction of sp³-hybridized carbons (Fsp3) is 0.556. The average Bonchev–Trinajstić information content (AvgIpc) is 2.81. The largest absolute Gasteiger partial charge is 0.459 e. The summed E-state index contributed by atoms with van der Waals surface area (Å²) < 4.78 is 9.93. The molecule has 4 nitrogen and oxygen atoms in total. The highest BCUT2D eigenvalue weighted by Crippen LogP contribution is 2.42. The van der Waals surface area contributed by atoms with Gasteiger partial charge < -0.3 is 9.47 Å². The second kappa shape index (κ2) is 11.9. The Morgan fingerprint density at radius 1 is 0.903 bits per heavy atom. The molecule has 0 aliphatic heterocycles. The van der Waals surface area contributed by atoms with Crippen molar-refractivity contribution in [2.24, 2.45) is 11.8 Å². The Morgan fingerprint density at radius 3 is 2.16 bits per heavy atom. The van der Waals surface area contributed by atoms with Crippen LogP contribution in [0.5, 0.6) is 0 Å². The quantitative estimate of drug-likeness (QED) is 0.282. The number of carbonyl (C=O) groups is 2. The van der Waals surface area contributed by atoms with Crippen LogP contribution < -0.4 is 0 Å². The lowest BCUT2D eigenvalue weighted by molar-refractivity contribution is -0.146. The lowest BCUT2D eigenvalue weighted by atomic mass is 9.70. The minimum atomic E-state index is -0.478. The Hall–Kier alpha value is -2.36. The third-order valence-corrected chi connectivity index (χ3v) is 6.82. The van der Waals surface area contributed by atoms with Gasteiger partial charge in [0.05, 0.1) is 0 Å². The monoisotopic (exact) mass is 424 g/mol. The molecule has 0 radical (unpaired) electrons. The Bertz CT molecular complexity index is 763. The van der Waals surface area contributed by atoms with Crippen LogP contribution >= 0.6 is 0 Å². The average molecular weight is 425 g/mol. The highest BCUT2D eigenvalue weighted by Gasteiger charge is 2.28. The van der Waals surface area contributed by atoms with Crippen molar-refractivity contribution in [3.8, 4) is 0 Å². The highest BCUT2D eigenvalue weighted by molar-refractivity contribution is 5.87. The summed E-state index contributed by atoms with van der Waals surface area (Å²) in [4.78, 5) is 23.1. The van der Waals surface area contributed by atoms with E-state index >= 15 is 0 Å². The predicted octanol–water partition coefficient (Wildman–Crippen LogP) is 6.22. The fourth-order valence-electron chi connectivity index (χ4n) is 5.02. The van der Waals surface area contributed by atoms with Gasteiger partial charge in [-0.2, -0.15) is 0 Å². The summed E-state index contributed by atoms with van der Waals surface area (Å²) in [7, 11) is 0. The number of rotatable bonds is 8. The lowest BCUT2D eigenvalue weighted by Gasteiger charge is -2.36. The summed E-state index contributed by atoms with van der Waals surface area (Å²) in [6, 6.07) is 8.54. The molecule has 0 saturated heterocycles.